The van der Waals surface area contributed by atoms with Crippen LogP contribution in [0.15, 0.2) is 35.3 Å². The predicted molar refractivity (Wildman–Crippen MR) is 124 cm³/mol. The maximum atomic E-state index is 5.80. The van der Waals surface area contributed by atoms with E-state index in [1.54, 1.807) is 0 Å². The van der Waals surface area contributed by atoms with E-state index >= 15 is 0 Å². The van der Waals surface area contributed by atoms with Gasteiger partial charge >= 0.3 is 0 Å². The van der Waals surface area contributed by atoms with Crippen LogP contribution in [-0.2, 0) is 0 Å². The highest BCUT2D eigenvalue weighted by molar-refractivity contribution is 14.0. The number of ether oxygens (including phenoxy) is 1. The Hall–Kier alpha value is -1.06. The lowest BCUT2D eigenvalue weighted by Gasteiger charge is -2.36. The van der Waals surface area contributed by atoms with Crippen molar-refractivity contribution in [3.8, 4) is 5.75 Å². The minimum absolute atomic E-state index is 0. The Morgan fingerprint density at radius 2 is 1.89 bits per heavy atom. The van der Waals surface area contributed by atoms with Crippen LogP contribution in [0.25, 0.3) is 0 Å². The smallest absolute Gasteiger partial charge is 0.193 e. The molecule has 0 aliphatic carbocycles. The zero-order valence-corrected chi connectivity index (χ0v) is 19.6. The molecule has 7 heteroatoms. The molecule has 1 fully saturated rings. The highest BCUT2D eigenvalue weighted by Crippen LogP contribution is 2.08. The Morgan fingerprint density at radius 3 is 2.52 bits per heavy atom. The number of hydrogen-bond acceptors (Lipinski definition) is 4. The van der Waals surface area contributed by atoms with E-state index in [4.69, 9.17) is 9.73 Å². The number of guanidine groups is 1. The topological polar surface area (TPSA) is 43.3 Å². The van der Waals surface area contributed by atoms with Crippen molar-refractivity contribution < 1.29 is 4.74 Å². The summed E-state index contributed by atoms with van der Waals surface area (Å²) in [6.45, 7) is 12.0. The first-order chi connectivity index (χ1) is 12.6. The average Bonchev–Trinajstić information content (AvgIpc) is 2.66. The molecule has 1 unspecified atom stereocenters. The number of nitrogens with one attached hydrogen (secondary N) is 1. The van der Waals surface area contributed by atoms with Crippen molar-refractivity contribution in [3.63, 3.8) is 0 Å². The van der Waals surface area contributed by atoms with Gasteiger partial charge in [0, 0.05) is 45.8 Å². The number of para-hydroxylation sites is 1. The molecule has 0 aromatic heterocycles. The van der Waals surface area contributed by atoms with Crippen molar-refractivity contribution in [2.24, 2.45) is 4.99 Å². The van der Waals surface area contributed by atoms with Crippen LogP contribution in [0.2, 0.25) is 0 Å². The van der Waals surface area contributed by atoms with Gasteiger partial charge in [0.05, 0.1) is 13.1 Å². The van der Waals surface area contributed by atoms with Crippen molar-refractivity contribution in [2.45, 2.75) is 19.9 Å². The van der Waals surface area contributed by atoms with Crippen molar-refractivity contribution in [1.29, 1.82) is 0 Å². The Bertz CT molecular complexity index is 534. The molecule has 0 spiro atoms. The zero-order chi connectivity index (χ0) is 18.8. The van der Waals surface area contributed by atoms with E-state index in [9.17, 15) is 0 Å². The fraction of sp³-hybridized carbons (Fsp3) is 0.650. The molecule has 1 atom stereocenters. The summed E-state index contributed by atoms with van der Waals surface area (Å²) >= 11 is 0. The van der Waals surface area contributed by atoms with Gasteiger partial charge in [-0.3, -0.25) is 9.89 Å². The van der Waals surface area contributed by atoms with E-state index in [2.05, 4.69) is 48.0 Å². The Morgan fingerprint density at radius 1 is 1.22 bits per heavy atom. The molecular weight excluding hydrogens is 453 g/mol. The van der Waals surface area contributed by atoms with Crippen molar-refractivity contribution >= 4 is 29.9 Å². The summed E-state index contributed by atoms with van der Waals surface area (Å²) in [7, 11) is 4.26. The Kier molecular flexibility index (Phi) is 11.7. The summed E-state index contributed by atoms with van der Waals surface area (Å²) in [6.07, 6.45) is 0. The van der Waals surface area contributed by atoms with Gasteiger partial charge in [0.25, 0.3) is 0 Å². The molecule has 0 amide bonds. The van der Waals surface area contributed by atoms with E-state index in [1.807, 2.05) is 30.3 Å². The van der Waals surface area contributed by atoms with Crippen molar-refractivity contribution in [3.05, 3.63) is 30.3 Å². The second kappa shape index (κ2) is 13.2. The number of aliphatic imine (C=N–C) groups is 1. The molecule has 0 radical (unpaired) electrons. The van der Waals surface area contributed by atoms with Crippen LogP contribution < -0.4 is 10.1 Å². The molecule has 27 heavy (non-hydrogen) atoms. The molecule has 0 saturated carbocycles. The van der Waals surface area contributed by atoms with Crippen LogP contribution in [0.1, 0.15) is 13.8 Å². The summed E-state index contributed by atoms with van der Waals surface area (Å²) in [5, 5.41) is 3.39. The van der Waals surface area contributed by atoms with E-state index in [-0.39, 0.29) is 24.0 Å². The fourth-order valence-electron chi connectivity index (χ4n) is 2.99. The summed E-state index contributed by atoms with van der Waals surface area (Å²) in [6, 6.07) is 10.4. The molecule has 1 heterocycles. The van der Waals surface area contributed by atoms with E-state index < -0.39 is 0 Å². The molecule has 1 aromatic carbocycles. The molecule has 1 aromatic rings. The fourth-order valence-corrected chi connectivity index (χ4v) is 2.99. The number of benzene rings is 1. The molecule has 1 N–H and O–H groups in total. The summed E-state index contributed by atoms with van der Waals surface area (Å²) in [4.78, 5) is 11.9. The number of hydrogen-bond donors (Lipinski definition) is 1. The van der Waals surface area contributed by atoms with E-state index in [0.717, 1.165) is 57.5 Å². The number of likely N-dealkylation sites (N-methyl/N-ethyl adjacent to an activating group) is 2. The van der Waals surface area contributed by atoms with E-state index in [1.165, 1.54) is 0 Å². The highest BCUT2D eigenvalue weighted by atomic mass is 127. The first-order valence-corrected chi connectivity index (χ1v) is 9.70. The van der Waals surface area contributed by atoms with Gasteiger partial charge in [-0.15, -0.1) is 24.0 Å². The molecule has 1 saturated heterocycles. The lowest BCUT2D eigenvalue weighted by Crippen LogP contribution is -2.49. The third-order valence-electron chi connectivity index (χ3n) is 4.80. The lowest BCUT2D eigenvalue weighted by molar-refractivity contribution is 0.122. The molecule has 1 aliphatic heterocycles. The van der Waals surface area contributed by atoms with Crippen LogP contribution >= 0.6 is 24.0 Å². The quantitative estimate of drug-likeness (QED) is 0.345. The number of halogens is 1. The minimum atomic E-state index is 0. The largest absolute Gasteiger partial charge is 0.492 e. The predicted octanol–water partition coefficient (Wildman–Crippen LogP) is 2.22. The lowest BCUT2D eigenvalue weighted by atomic mass is 10.2. The number of nitrogens with zero attached hydrogens (tertiary/aromatic N) is 4. The third-order valence-corrected chi connectivity index (χ3v) is 4.80. The van der Waals surface area contributed by atoms with Crippen LogP contribution in [0.4, 0.5) is 0 Å². The Balaban J connectivity index is 0.00000364. The van der Waals surface area contributed by atoms with E-state index in [0.29, 0.717) is 12.6 Å². The van der Waals surface area contributed by atoms with Gasteiger partial charge in [0.1, 0.15) is 12.4 Å². The average molecular weight is 489 g/mol. The molecule has 2 rings (SSSR count). The molecule has 6 nitrogen and oxygen atoms in total. The molecule has 0 bridgehead atoms. The highest BCUT2D eigenvalue weighted by Gasteiger charge is 2.19. The van der Waals surface area contributed by atoms with Gasteiger partial charge in [0.2, 0.25) is 0 Å². The van der Waals surface area contributed by atoms with Crippen LogP contribution in [-0.4, -0.2) is 93.2 Å². The number of rotatable bonds is 8. The van der Waals surface area contributed by atoms with Gasteiger partial charge in [-0.25, -0.2) is 0 Å². The summed E-state index contributed by atoms with van der Waals surface area (Å²) in [5.41, 5.74) is 0. The second-order valence-electron chi connectivity index (χ2n) is 6.97. The van der Waals surface area contributed by atoms with Gasteiger partial charge in [-0.1, -0.05) is 18.2 Å². The normalized spacial score (nSPS) is 17.1. The second-order valence-corrected chi connectivity index (χ2v) is 6.97. The SMILES string of the molecule is CCNC(=NCC(C)N1CCN(C)CC1)N(C)CCOc1ccccc1.I. The number of piperazine rings is 1. The van der Waals surface area contributed by atoms with Crippen molar-refractivity contribution in [1.82, 2.24) is 20.0 Å². The van der Waals surface area contributed by atoms with Crippen LogP contribution in [0.5, 0.6) is 5.75 Å². The molecule has 1 aliphatic rings. The molecular formula is C20H36IN5O. The minimum Gasteiger partial charge on any atom is -0.492 e. The van der Waals surface area contributed by atoms with Crippen molar-refractivity contribution in [2.75, 3.05) is 66.5 Å². The van der Waals surface area contributed by atoms with Gasteiger partial charge in [0.15, 0.2) is 5.96 Å². The standard InChI is InChI=1S/C20H35N5O.HI/c1-5-21-20(22-17-18(2)25-13-11-23(3)12-14-25)24(4)15-16-26-19-9-7-6-8-10-19;/h6-10,18H,5,11-17H2,1-4H3,(H,21,22);1H. The van der Waals surface area contributed by atoms with Gasteiger partial charge in [-0.05, 0) is 33.0 Å². The summed E-state index contributed by atoms with van der Waals surface area (Å²) in [5.74, 6) is 1.86. The zero-order valence-electron chi connectivity index (χ0n) is 17.2. The maximum Gasteiger partial charge on any atom is 0.193 e. The van der Waals surface area contributed by atoms with Gasteiger partial charge < -0.3 is 19.9 Å². The maximum absolute atomic E-state index is 5.80. The molecule has 154 valence electrons. The monoisotopic (exact) mass is 489 g/mol. The first-order valence-electron chi connectivity index (χ1n) is 9.70. The summed E-state index contributed by atoms with van der Waals surface area (Å²) < 4.78 is 5.80. The first kappa shape index (κ1) is 24.0. The Labute approximate surface area is 182 Å². The van der Waals surface area contributed by atoms with Crippen LogP contribution in [0.3, 0.4) is 0 Å². The van der Waals surface area contributed by atoms with Crippen LogP contribution in [0, 0.1) is 0 Å². The van der Waals surface area contributed by atoms with Gasteiger partial charge in [-0.2, -0.15) is 0 Å². The third kappa shape index (κ3) is 8.66.